The molecule has 0 unspecified atom stereocenters. The summed E-state index contributed by atoms with van der Waals surface area (Å²) < 4.78 is 38.6. The Bertz CT molecular complexity index is 813. The number of hydrogen-bond acceptors (Lipinski definition) is 4. The van der Waals surface area contributed by atoms with Gasteiger partial charge in [-0.1, -0.05) is 11.6 Å². The smallest absolute Gasteiger partial charge is 0.214 e. The van der Waals surface area contributed by atoms with Crippen molar-refractivity contribution in [2.24, 2.45) is 0 Å². The van der Waals surface area contributed by atoms with E-state index in [1.54, 1.807) is 12.3 Å². The Morgan fingerprint density at radius 1 is 1.41 bits per heavy atom. The van der Waals surface area contributed by atoms with Gasteiger partial charge in [0.1, 0.15) is 5.82 Å². The first-order valence-corrected chi connectivity index (χ1v) is 8.91. The molecule has 1 N–H and O–H groups in total. The molecule has 0 saturated carbocycles. The van der Waals surface area contributed by atoms with Gasteiger partial charge in [-0.25, -0.2) is 17.1 Å². The molecule has 3 rings (SSSR count). The lowest BCUT2D eigenvalue weighted by atomic mass is 10.2. The Hall–Kier alpha value is -1.44. The lowest BCUT2D eigenvalue weighted by Gasteiger charge is -2.16. The number of anilines is 1. The van der Waals surface area contributed by atoms with Crippen LogP contribution in [0.4, 0.5) is 10.1 Å². The highest BCUT2D eigenvalue weighted by molar-refractivity contribution is 7.89. The molecule has 0 radical (unpaired) electrons. The van der Waals surface area contributed by atoms with Gasteiger partial charge in [0.05, 0.1) is 22.0 Å². The number of nitrogens with one attached hydrogen (secondary N) is 1. The average Bonchev–Trinajstić information content (AvgIpc) is 2.79. The average molecular weight is 344 g/mol. The summed E-state index contributed by atoms with van der Waals surface area (Å²) in [6.45, 7) is 1.27. The standard InChI is InChI=1S/C14H15ClFN3O2S/c15-12-2-3-18-14-11(12)8-10(16)9-13(14)17-4-6-19-5-1-7-22(19,20)21/h2-3,8-9,17H,1,4-7H2. The van der Waals surface area contributed by atoms with Crippen LogP contribution in [0.3, 0.4) is 0 Å². The monoisotopic (exact) mass is 343 g/mol. The molecule has 1 saturated heterocycles. The van der Waals surface area contributed by atoms with Crippen LogP contribution in [0.5, 0.6) is 0 Å². The highest BCUT2D eigenvalue weighted by Crippen LogP contribution is 2.28. The Labute approximate surface area is 133 Å². The predicted molar refractivity (Wildman–Crippen MR) is 85.2 cm³/mol. The minimum Gasteiger partial charge on any atom is -0.382 e. The van der Waals surface area contributed by atoms with E-state index in [1.807, 2.05) is 0 Å². The lowest BCUT2D eigenvalue weighted by molar-refractivity contribution is 0.456. The van der Waals surface area contributed by atoms with Gasteiger partial charge in [-0.2, -0.15) is 0 Å². The molecule has 0 bridgehead atoms. The normalized spacial score (nSPS) is 17.9. The number of fused-ring (bicyclic) bond motifs is 1. The predicted octanol–water partition coefficient (Wildman–Crippen LogP) is 2.47. The summed E-state index contributed by atoms with van der Waals surface area (Å²) in [7, 11) is -3.12. The second-order valence-corrected chi connectivity index (χ2v) is 7.63. The number of sulfonamides is 1. The number of aromatic nitrogens is 1. The van der Waals surface area contributed by atoms with E-state index in [2.05, 4.69) is 10.3 Å². The highest BCUT2D eigenvalue weighted by Gasteiger charge is 2.27. The first kappa shape index (κ1) is 15.5. The molecule has 1 aromatic heterocycles. The molecule has 8 heteroatoms. The molecule has 1 fully saturated rings. The van der Waals surface area contributed by atoms with Crippen LogP contribution >= 0.6 is 11.6 Å². The van der Waals surface area contributed by atoms with Crippen molar-refractivity contribution < 1.29 is 12.8 Å². The summed E-state index contributed by atoms with van der Waals surface area (Å²) in [5, 5.41) is 4.01. The molecule has 5 nitrogen and oxygen atoms in total. The number of nitrogens with zero attached hydrogens (tertiary/aromatic N) is 2. The summed E-state index contributed by atoms with van der Waals surface area (Å²) in [5.74, 6) is -0.216. The van der Waals surface area contributed by atoms with Crippen LogP contribution in [0.25, 0.3) is 10.9 Å². The van der Waals surface area contributed by atoms with E-state index >= 15 is 0 Å². The van der Waals surface area contributed by atoms with Gasteiger partial charge in [-0.05, 0) is 24.6 Å². The maximum Gasteiger partial charge on any atom is 0.214 e. The van der Waals surface area contributed by atoms with E-state index in [0.29, 0.717) is 47.7 Å². The Kier molecular flexibility index (Phi) is 4.20. The minimum absolute atomic E-state index is 0.201. The molecule has 2 aromatic rings. The molecule has 22 heavy (non-hydrogen) atoms. The Balaban J connectivity index is 1.78. The van der Waals surface area contributed by atoms with Crippen molar-refractivity contribution in [2.45, 2.75) is 6.42 Å². The third-order valence-corrected chi connectivity index (χ3v) is 5.92. The van der Waals surface area contributed by atoms with Crippen molar-refractivity contribution in [3.05, 3.63) is 35.2 Å². The number of rotatable bonds is 4. The van der Waals surface area contributed by atoms with Crippen molar-refractivity contribution in [3.8, 4) is 0 Å². The molecule has 1 aliphatic rings. The largest absolute Gasteiger partial charge is 0.382 e. The maximum atomic E-state index is 13.7. The van der Waals surface area contributed by atoms with Gasteiger partial charge in [0.15, 0.2) is 0 Å². The summed E-state index contributed by atoms with van der Waals surface area (Å²) in [5.41, 5.74) is 1.08. The molecular formula is C14H15ClFN3O2S. The summed E-state index contributed by atoms with van der Waals surface area (Å²) in [6, 6.07) is 4.27. The van der Waals surface area contributed by atoms with Crippen molar-refractivity contribution in [3.63, 3.8) is 0 Å². The fourth-order valence-corrected chi connectivity index (χ4v) is 4.31. The van der Waals surface area contributed by atoms with Crippen molar-refractivity contribution in [2.75, 3.05) is 30.7 Å². The van der Waals surface area contributed by atoms with E-state index in [9.17, 15) is 12.8 Å². The topological polar surface area (TPSA) is 62.3 Å². The van der Waals surface area contributed by atoms with Crippen molar-refractivity contribution >= 4 is 38.2 Å². The van der Waals surface area contributed by atoms with Crippen LogP contribution in [-0.4, -0.2) is 43.1 Å². The highest BCUT2D eigenvalue weighted by atomic mass is 35.5. The fraction of sp³-hybridized carbons (Fsp3) is 0.357. The number of halogens is 2. The second kappa shape index (κ2) is 5.98. The zero-order chi connectivity index (χ0) is 15.7. The van der Waals surface area contributed by atoms with E-state index in [4.69, 9.17) is 11.6 Å². The molecule has 0 spiro atoms. The Morgan fingerprint density at radius 3 is 2.95 bits per heavy atom. The van der Waals surface area contributed by atoms with Gasteiger partial charge in [-0.3, -0.25) is 4.98 Å². The van der Waals surface area contributed by atoms with Crippen LogP contribution in [0.2, 0.25) is 5.02 Å². The third-order valence-electron chi connectivity index (χ3n) is 3.64. The molecule has 1 aromatic carbocycles. The van der Waals surface area contributed by atoms with Crippen LogP contribution < -0.4 is 5.32 Å². The number of pyridine rings is 1. The first-order valence-electron chi connectivity index (χ1n) is 6.93. The van der Waals surface area contributed by atoms with Crippen molar-refractivity contribution in [1.82, 2.24) is 9.29 Å². The molecule has 0 amide bonds. The molecule has 1 aliphatic heterocycles. The lowest BCUT2D eigenvalue weighted by Crippen LogP contribution is -2.30. The van der Waals surface area contributed by atoms with Crippen LogP contribution in [0.15, 0.2) is 24.4 Å². The molecule has 0 aliphatic carbocycles. The fourth-order valence-electron chi connectivity index (χ4n) is 2.58. The van der Waals surface area contributed by atoms with E-state index in [0.717, 1.165) is 0 Å². The van der Waals surface area contributed by atoms with Crippen LogP contribution in [0, 0.1) is 5.82 Å². The van der Waals surface area contributed by atoms with Gasteiger partial charge in [0, 0.05) is 31.2 Å². The number of hydrogen-bond donors (Lipinski definition) is 1. The summed E-state index contributed by atoms with van der Waals surface area (Å²) in [4.78, 5) is 4.22. The van der Waals surface area contributed by atoms with E-state index < -0.39 is 15.8 Å². The molecule has 118 valence electrons. The summed E-state index contributed by atoms with van der Waals surface area (Å²) >= 11 is 6.05. The third kappa shape index (κ3) is 3.02. The van der Waals surface area contributed by atoms with Crippen LogP contribution in [0.1, 0.15) is 6.42 Å². The summed E-state index contributed by atoms with van der Waals surface area (Å²) in [6.07, 6.45) is 2.21. The zero-order valence-corrected chi connectivity index (χ0v) is 13.3. The minimum atomic E-state index is -3.12. The van der Waals surface area contributed by atoms with Gasteiger partial charge < -0.3 is 5.32 Å². The quantitative estimate of drug-likeness (QED) is 0.926. The zero-order valence-electron chi connectivity index (χ0n) is 11.7. The van der Waals surface area contributed by atoms with E-state index in [1.165, 1.54) is 16.4 Å². The second-order valence-electron chi connectivity index (χ2n) is 5.14. The molecular weight excluding hydrogens is 329 g/mol. The van der Waals surface area contributed by atoms with Crippen molar-refractivity contribution in [1.29, 1.82) is 0 Å². The van der Waals surface area contributed by atoms with Gasteiger partial charge in [0.2, 0.25) is 10.0 Å². The maximum absolute atomic E-state index is 13.7. The van der Waals surface area contributed by atoms with Gasteiger partial charge in [0.25, 0.3) is 0 Å². The SMILES string of the molecule is O=S1(=O)CCCN1CCNc1cc(F)cc2c(Cl)ccnc12. The van der Waals surface area contributed by atoms with Crippen LogP contribution in [-0.2, 0) is 10.0 Å². The molecule has 2 heterocycles. The first-order chi connectivity index (χ1) is 10.5. The van der Waals surface area contributed by atoms with Gasteiger partial charge >= 0.3 is 0 Å². The molecule has 0 atom stereocenters. The number of benzene rings is 1. The van der Waals surface area contributed by atoms with Gasteiger partial charge in [-0.15, -0.1) is 0 Å². The Morgan fingerprint density at radius 2 is 2.23 bits per heavy atom. The van der Waals surface area contributed by atoms with E-state index in [-0.39, 0.29) is 5.75 Å².